The molecule has 0 spiro atoms. The van der Waals surface area contributed by atoms with Gasteiger partial charge >= 0.3 is 0 Å². The Hall–Kier alpha value is -1.81. The molecule has 4 nitrogen and oxygen atoms in total. The smallest absolute Gasteiger partial charge is 0.257 e. The lowest BCUT2D eigenvalue weighted by atomic mass is 10.1. The molecule has 0 saturated heterocycles. The van der Waals surface area contributed by atoms with E-state index in [0.717, 1.165) is 5.56 Å². The Morgan fingerprint density at radius 3 is 2.94 bits per heavy atom. The normalized spacial score (nSPS) is 10.1. The van der Waals surface area contributed by atoms with Crippen LogP contribution in [-0.4, -0.2) is 16.1 Å². The third-order valence-electron chi connectivity index (χ3n) is 2.19. The van der Waals surface area contributed by atoms with Crippen LogP contribution in [0.1, 0.15) is 15.9 Å². The lowest BCUT2D eigenvalue weighted by Gasteiger charge is -2.06. The molecule has 0 atom stereocenters. The molecule has 2 aromatic rings. The van der Waals surface area contributed by atoms with Crippen molar-refractivity contribution in [1.29, 1.82) is 0 Å². The van der Waals surface area contributed by atoms with E-state index in [-0.39, 0.29) is 5.91 Å². The number of amides is 1. The van der Waals surface area contributed by atoms with Gasteiger partial charge in [0.05, 0.1) is 6.20 Å². The summed E-state index contributed by atoms with van der Waals surface area (Å²) in [7, 11) is 0. The summed E-state index contributed by atoms with van der Waals surface area (Å²) in [4.78, 5) is 11.9. The number of halogens is 1. The van der Waals surface area contributed by atoms with Gasteiger partial charge in [0, 0.05) is 16.7 Å². The monoisotopic (exact) mass is 235 g/mol. The number of benzene rings is 1. The maximum absolute atomic E-state index is 11.9. The van der Waals surface area contributed by atoms with Gasteiger partial charge in [0.1, 0.15) is 5.82 Å². The van der Waals surface area contributed by atoms with Gasteiger partial charge < -0.3 is 5.32 Å². The highest BCUT2D eigenvalue weighted by Gasteiger charge is 2.10. The van der Waals surface area contributed by atoms with Crippen LogP contribution < -0.4 is 5.32 Å². The predicted molar refractivity (Wildman–Crippen MR) is 62.7 cm³/mol. The molecule has 0 aliphatic carbocycles. The first-order chi connectivity index (χ1) is 7.66. The van der Waals surface area contributed by atoms with Crippen molar-refractivity contribution in [2.45, 2.75) is 6.92 Å². The number of carbonyl (C=O) groups excluding carboxylic acids is 1. The lowest BCUT2D eigenvalue weighted by molar-refractivity contribution is 0.102. The fourth-order valence-electron chi connectivity index (χ4n) is 1.35. The number of rotatable bonds is 2. The summed E-state index contributed by atoms with van der Waals surface area (Å²) in [6, 6.07) is 6.88. The van der Waals surface area contributed by atoms with Crippen molar-refractivity contribution in [1.82, 2.24) is 10.2 Å². The van der Waals surface area contributed by atoms with E-state index in [4.69, 9.17) is 11.6 Å². The summed E-state index contributed by atoms with van der Waals surface area (Å²) in [6.45, 7) is 1.86. The minimum Gasteiger partial charge on any atom is -0.307 e. The molecular formula is C11H10ClN3O. The number of aromatic amines is 1. The van der Waals surface area contributed by atoms with Crippen LogP contribution in [0.3, 0.4) is 0 Å². The molecule has 2 N–H and O–H groups in total. The second kappa shape index (κ2) is 4.37. The molecule has 2 rings (SSSR count). The number of aryl methyl sites for hydroxylation is 1. The second-order valence-electron chi connectivity index (χ2n) is 3.38. The maximum Gasteiger partial charge on any atom is 0.257 e. The molecule has 82 valence electrons. The van der Waals surface area contributed by atoms with Crippen LogP contribution in [-0.2, 0) is 0 Å². The standard InChI is InChI=1S/C11H10ClN3O/c1-7-2-3-8(12)6-9(7)11(16)14-10-4-5-13-15-10/h2-6H,1H3,(H2,13,14,15,16). The summed E-state index contributed by atoms with van der Waals surface area (Å²) < 4.78 is 0. The lowest BCUT2D eigenvalue weighted by Crippen LogP contribution is -2.13. The predicted octanol–water partition coefficient (Wildman–Crippen LogP) is 2.62. The van der Waals surface area contributed by atoms with E-state index in [1.54, 1.807) is 24.4 Å². The molecule has 1 amide bonds. The summed E-state index contributed by atoms with van der Waals surface area (Å²) in [6.07, 6.45) is 1.57. The number of aromatic nitrogens is 2. The number of anilines is 1. The minimum atomic E-state index is -0.204. The van der Waals surface area contributed by atoms with Gasteiger partial charge in [0.2, 0.25) is 0 Å². The Morgan fingerprint density at radius 2 is 2.25 bits per heavy atom. The summed E-state index contributed by atoms with van der Waals surface area (Å²) in [5.41, 5.74) is 1.43. The van der Waals surface area contributed by atoms with Crippen molar-refractivity contribution >= 4 is 23.3 Å². The zero-order valence-electron chi connectivity index (χ0n) is 8.62. The third-order valence-corrected chi connectivity index (χ3v) is 2.43. The molecular weight excluding hydrogens is 226 g/mol. The van der Waals surface area contributed by atoms with Crippen LogP contribution >= 0.6 is 11.6 Å². The van der Waals surface area contributed by atoms with E-state index in [0.29, 0.717) is 16.4 Å². The zero-order valence-corrected chi connectivity index (χ0v) is 9.38. The molecule has 5 heteroatoms. The Balaban J connectivity index is 2.24. The van der Waals surface area contributed by atoms with E-state index < -0.39 is 0 Å². The molecule has 0 aliphatic heterocycles. The molecule has 0 radical (unpaired) electrons. The van der Waals surface area contributed by atoms with Gasteiger partial charge in [0.15, 0.2) is 0 Å². The second-order valence-corrected chi connectivity index (χ2v) is 3.82. The van der Waals surface area contributed by atoms with Gasteiger partial charge in [-0.1, -0.05) is 17.7 Å². The highest BCUT2D eigenvalue weighted by atomic mass is 35.5. The van der Waals surface area contributed by atoms with Gasteiger partial charge in [-0.15, -0.1) is 0 Å². The number of H-pyrrole nitrogens is 1. The topological polar surface area (TPSA) is 57.8 Å². The number of hydrogen-bond donors (Lipinski definition) is 2. The SMILES string of the molecule is Cc1ccc(Cl)cc1C(=O)Nc1ccn[nH]1. The van der Waals surface area contributed by atoms with Crippen molar-refractivity contribution < 1.29 is 4.79 Å². The largest absolute Gasteiger partial charge is 0.307 e. The Bertz CT molecular complexity index is 508. The summed E-state index contributed by atoms with van der Waals surface area (Å²) in [5.74, 6) is 0.355. The Morgan fingerprint density at radius 1 is 1.44 bits per heavy atom. The average molecular weight is 236 g/mol. The van der Waals surface area contributed by atoms with Crippen LogP contribution in [0, 0.1) is 6.92 Å². The molecule has 0 unspecified atom stereocenters. The van der Waals surface area contributed by atoms with E-state index >= 15 is 0 Å². The molecule has 0 bridgehead atoms. The number of carbonyl (C=O) groups is 1. The molecule has 1 aromatic heterocycles. The third kappa shape index (κ3) is 2.23. The highest BCUT2D eigenvalue weighted by Crippen LogP contribution is 2.16. The molecule has 1 aromatic carbocycles. The molecule has 16 heavy (non-hydrogen) atoms. The summed E-state index contributed by atoms with van der Waals surface area (Å²) in [5, 5.41) is 9.63. The van der Waals surface area contributed by atoms with Gasteiger partial charge in [-0.2, -0.15) is 5.10 Å². The minimum absolute atomic E-state index is 0.204. The van der Waals surface area contributed by atoms with Crippen LogP contribution in [0.2, 0.25) is 5.02 Å². The Labute approximate surface area is 97.6 Å². The zero-order chi connectivity index (χ0) is 11.5. The van der Waals surface area contributed by atoms with Gasteiger partial charge in [-0.3, -0.25) is 9.89 Å². The first kappa shape index (κ1) is 10.7. The van der Waals surface area contributed by atoms with Gasteiger partial charge in [-0.25, -0.2) is 0 Å². The van der Waals surface area contributed by atoms with E-state index in [1.807, 2.05) is 13.0 Å². The first-order valence-electron chi connectivity index (χ1n) is 4.73. The van der Waals surface area contributed by atoms with Crippen molar-refractivity contribution in [3.63, 3.8) is 0 Å². The van der Waals surface area contributed by atoms with Crippen molar-refractivity contribution in [2.24, 2.45) is 0 Å². The van der Waals surface area contributed by atoms with E-state index in [9.17, 15) is 4.79 Å². The fraction of sp³-hybridized carbons (Fsp3) is 0.0909. The van der Waals surface area contributed by atoms with Crippen LogP contribution in [0.4, 0.5) is 5.82 Å². The van der Waals surface area contributed by atoms with E-state index in [2.05, 4.69) is 15.5 Å². The van der Waals surface area contributed by atoms with Gasteiger partial charge in [0.25, 0.3) is 5.91 Å². The first-order valence-corrected chi connectivity index (χ1v) is 5.11. The number of nitrogens with one attached hydrogen (secondary N) is 2. The average Bonchev–Trinajstić information content (AvgIpc) is 2.74. The fourth-order valence-corrected chi connectivity index (χ4v) is 1.53. The molecule has 0 saturated carbocycles. The summed E-state index contributed by atoms with van der Waals surface area (Å²) >= 11 is 5.84. The maximum atomic E-state index is 11.9. The molecule has 0 aliphatic rings. The van der Waals surface area contributed by atoms with E-state index in [1.165, 1.54) is 0 Å². The highest BCUT2D eigenvalue weighted by molar-refractivity contribution is 6.31. The van der Waals surface area contributed by atoms with Crippen molar-refractivity contribution in [3.05, 3.63) is 46.6 Å². The van der Waals surface area contributed by atoms with Crippen LogP contribution in [0.5, 0.6) is 0 Å². The van der Waals surface area contributed by atoms with Crippen molar-refractivity contribution in [3.8, 4) is 0 Å². The number of hydrogen-bond acceptors (Lipinski definition) is 2. The quantitative estimate of drug-likeness (QED) is 0.841. The Kier molecular flexibility index (Phi) is 2.92. The van der Waals surface area contributed by atoms with Crippen molar-refractivity contribution in [2.75, 3.05) is 5.32 Å². The number of nitrogens with zero attached hydrogens (tertiary/aromatic N) is 1. The molecule has 1 heterocycles. The van der Waals surface area contributed by atoms with Crippen LogP contribution in [0.25, 0.3) is 0 Å². The van der Waals surface area contributed by atoms with Crippen LogP contribution in [0.15, 0.2) is 30.5 Å². The molecule has 0 fully saturated rings. The van der Waals surface area contributed by atoms with Gasteiger partial charge in [-0.05, 0) is 24.6 Å².